The number of benzene rings is 1. The van der Waals surface area contributed by atoms with Gasteiger partial charge in [0.2, 0.25) is 0 Å². The van der Waals surface area contributed by atoms with E-state index in [0.717, 1.165) is 0 Å². The van der Waals surface area contributed by atoms with E-state index >= 15 is 0 Å². The highest BCUT2D eigenvalue weighted by molar-refractivity contribution is 6.41. The Bertz CT molecular complexity index is 429. The number of halogens is 1. The Labute approximate surface area is 104 Å². The summed E-state index contributed by atoms with van der Waals surface area (Å²) in [5, 5.41) is 0.294. The summed E-state index contributed by atoms with van der Waals surface area (Å²) in [4.78, 5) is 22.8. The number of hydrogen-bond donors (Lipinski definition) is 0. The van der Waals surface area contributed by atoms with Gasteiger partial charge in [-0.1, -0.05) is 11.6 Å². The summed E-state index contributed by atoms with van der Waals surface area (Å²) in [6, 6.07) is 4.43. The van der Waals surface area contributed by atoms with Crippen molar-refractivity contribution in [3.63, 3.8) is 0 Å². The molecular formula is C12H13ClO4. The number of carbonyl (C=O) groups excluding carboxylic acids is 2. The molecule has 0 aliphatic heterocycles. The SMILES string of the molecule is CCOC(=O)C(=O)c1ccc(OCC)c(Cl)c1. The summed E-state index contributed by atoms with van der Waals surface area (Å²) in [7, 11) is 0. The molecular weight excluding hydrogens is 244 g/mol. The van der Waals surface area contributed by atoms with E-state index in [2.05, 4.69) is 4.74 Å². The van der Waals surface area contributed by atoms with Crippen LogP contribution >= 0.6 is 11.6 Å². The maximum Gasteiger partial charge on any atom is 0.379 e. The van der Waals surface area contributed by atoms with Crippen molar-refractivity contribution in [3.05, 3.63) is 28.8 Å². The second-order valence-corrected chi connectivity index (χ2v) is 3.54. The molecule has 92 valence electrons. The first-order valence-electron chi connectivity index (χ1n) is 5.24. The second kappa shape index (κ2) is 6.25. The third-order valence-corrected chi connectivity index (χ3v) is 2.25. The first-order valence-corrected chi connectivity index (χ1v) is 5.61. The Balaban J connectivity index is 2.89. The van der Waals surface area contributed by atoms with E-state index < -0.39 is 11.8 Å². The average molecular weight is 257 g/mol. The molecule has 0 aliphatic carbocycles. The Kier molecular flexibility index (Phi) is 4.97. The molecule has 0 atom stereocenters. The highest BCUT2D eigenvalue weighted by Gasteiger charge is 2.18. The monoisotopic (exact) mass is 256 g/mol. The zero-order chi connectivity index (χ0) is 12.8. The summed E-state index contributed by atoms with van der Waals surface area (Å²) < 4.78 is 9.83. The van der Waals surface area contributed by atoms with Crippen molar-refractivity contribution >= 4 is 23.4 Å². The maximum atomic E-state index is 11.6. The van der Waals surface area contributed by atoms with Crippen LogP contribution in [-0.4, -0.2) is 25.0 Å². The third kappa shape index (κ3) is 3.46. The van der Waals surface area contributed by atoms with Crippen molar-refractivity contribution < 1.29 is 19.1 Å². The standard InChI is InChI=1S/C12H13ClO4/c1-3-16-10-6-5-8(7-9(10)13)11(14)12(15)17-4-2/h5-7H,3-4H2,1-2H3. The van der Waals surface area contributed by atoms with Gasteiger partial charge in [0.15, 0.2) is 0 Å². The van der Waals surface area contributed by atoms with E-state index in [1.54, 1.807) is 13.0 Å². The third-order valence-electron chi connectivity index (χ3n) is 1.95. The minimum absolute atomic E-state index is 0.162. The Morgan fingerprint density at radius 2 is 1.94 bits per heavy atom. The van der Waals surface area contributed by atoms with Crippen LogP contribution in [-0.2, 0) is 9.53 Å². The van der Waals surface area contributed by atoms with Gasteiger partial charge in [0.25, 0.3) is 5.78 Å². The molecule has 0 radical (unpaired) electrons. The Morgan fingerprint density at radius 1 is 1.24 bits per heavy atom. The lowest BCUT2D eigenvalue weighted by atomic mass is 10.1. The summed E-state index contributed by atoms with van der Waals surface area (Å²) in [6.45, 7) is 4.10. The maximum absolute atomic E-state index is 11.6. The number of hydrogen-bond acceptors (Lipinski definition) is 4. The lowest BCUT2D eigenvalue weighted by Gasteiger charge is -2.06. The van der Waals surface area contributed by atoms with Crippen LogP contribution in [0.15, 0.2) is 18.2 Å². The van der Waals surface area contributed by atoms with Gasteiger partial charge in [0, 0.05) is 5.56 Å². The zero-order valence-electron chi connectivity index (χ0n) is 9.66. The van der Waals surface area contributed by atoms with Gasteiger partial charge < -0.3 is 9.47 Å². The molecule has 0 fully saturated rings. The predicted molar refractivity (Wildman–Crippen MR) is 63.6 cm³/mol. The average Bonchev–Trinajstić information content (AvgIpc) is 2.31. The van der Waals surface area contributed by atoms with Gasteiger partial charge in [-0.15, -0.1) is 0 Å². The fourth-order valence-corrected chi connectivity index (χ4v) is 1.46. The van der Waals surface area contributed by atoms with E-state index in [9.17, 15) is 9.59 Å². The summed E-state index contributed by atoms with van der Waals surface area (Å²) >= 11 is 5.90. The fourth-order valence-electron chi connectivity index (χ4n) is 1.23. The molecule has 0 saturated carbocycles. The van der Waals surface area contributed by atoms with Gasteiger partial charge in [0.05, 0.1) is 18.2 Å². The van der Waals surface area contributed by atoms with E-state index in [1.165, 1.54) is 12.1 Å². The van der Waals surface area contributed by atoms with Crippen LogP contribution < -0.4 is 4.74 Å². The molecule has 0 bridgehead atoms. The number of esters is 1. The molecule has 0 aliphatic rings. The lowest BCUT2D eigenvalue weighted by Crippen LogP contribution is -2.17. The van der Waals surface area contributed by atoms with Crippen molar-refractivity contribution in [1.82, 2.24) is 0 Å². The van der Waals surface area contributed by atoms with E-state index in [0.29, 0.717) is 17.4 Å². The van der Waals surface area contributed by atoms with Crippen LogP contribution in [0.2, 0.25) is 5.02 Å². The van der Waals surface area contributed by atoms with Gasteiger partial charge in [-0.3, -0.25) is 4.79 Å². The van der Waals surface area contributed by atoms with Crippen LogP contribution in [0, 0.1) is 0 Å². The molecule has 0 spiro atoms. The summed E-state index contributed by atoms with van der Waals surface area (Å²) in [5.41, 5.74) is 0.192. The van der Waals surface area contributed by atoms with E-state index in [-0.39, 0.29) is 12.2 Å². The molecule has 1 aromatic carbocycles. The van der Waals surface area contributed by atoms with Crippen molar-refractivity contribution in [1.29, 1.82) is 0 Å². The quantitative estimate of drug-likeness (QED) is 0.461. The highest BCUT2D eigenvalue weighted by Crippen LogP contribution is 2.25. The van der Waals surface area contributed by atoms with Crippen LogP contribution in [0.25, 0.3) is 0 Å². The minimum atomic E-state index is -0.882. The van der Waals surface area contributed by atoms with Crippen molar-refractivity contribution in [2.24, 2.45) is 0 Å². The number of ether oxygens (including phenoxy) is 2. The molecule has 1 rings (SSSR count). The van der Waals surface area contributed by atoms with Crippen LogP contribution in [0.3, 0.4) is 0 Å². The Morgan fingerprint density at radius 3 is 2.47 bits per heavy atom. The highest BCUT2D eigenvalue weighted by atomic mass is 35.5. The molecule has 5 heteroatoms. The second-order valence-electron chi connectivity index (χ2n) is 3.13. The number of carbonyl (C=O) groups is 2. The normalized spacial score (nSPS) is 9.82. The van der Waals surface area contributed by atoms with Crippen molar-refractivity contribution in [2.45, 2.75) is 13.8 Å². The largest absolute Gasteiger partial charge is 0.492 e. The molecule has 0 unspecified atom stereocenters. The van der Waals surface area contributed by atoms with Gasteiger partial charge in [0.1, 0.15) is 5.75 Å². The van der Waals surface area contributed by atoms with Gasteiger partial charge in [-0.25, -0.2) is 4.79 Å². The Hall–Kier alpha value is -1.55. The van der Waals surface area contributed by atoms with Crippen LogP contribution in [0.1, 0.15) is 24.2 Å². The smallest absolute Gasteiger partial charge is 0.379 e. The minimum Gasteiger partial charge on any atom is -0.492 e. The van der Waals surface area contributed by atoms with Crippen LogP contribution in [0.5, 0.6) is 5.75 Å². The summed E-state index contributed by atoms with van der Waals surface area (Å²) in [5.74, 6) is -1.11. The molecule has 17 heavy (non-hydrogen) atoms. The van der Waals surface area contributed by atoms with Gasteiger partial charge in [-0.2, -0.15) is 0 Å². The first-order chi connectivity index (χ1) is 8.10. The van der Waals surface area contributed by atoms with E-state index in [1.807, 2.05) is 6.92 Å². The first kappa shape index (κ1) is 13.5. The predicted octanol–water partition coefficient (Wildman–Crippen LogP) is 2.48. The molecule has 0 saturated heterocycles. The fraction of sp³-hybridized carbons (Fsp3) is 0.333. The van der Waals surface area contributed by atoms with E-state index in [4.69, 9.17) is 16.3 Å². The zero-order valence-corrected chi connectivity index (χ0v) is 10.4. The topological polar surface area (TPSA) is 52.6 Å². The van der Waals surface area contributed by atoms with Gasteiger partial charge in [-0.05, 0) is 32.0 Å². The summed E-state index contributed by atoms with van der Waals surface area (Å²) in [6.07, 6.45) is 0. The number of ketones is 1. The lowest BCUT2D eigenvalue weighted by molar-refractivity contribution is -0.137. The molecule has 0 amide bonds. The van der Waals surface area contributed by atoms with Crippen molar-refractivity contribution in [2.75, 3.05) is 13.2 Å². The van der Waals surface area contributed by atoms with Crippen LogP contribution in [0.4, 0.5) is 0 Å². The van der Waals surface area contributed by atoms with Crippen molar-refractivity contribution in [3.8, 4) is 5.75 Å². The molecule has 0 N–H and O–H groups in total. The molecule has 4 nitrogen and oxygen atoms in total. The molecule has 0 heterocycles. The molecule has 0 aromatic heterocycles. The number of Topliss-reactive ketones (excluding diaryl/α,β-unsaturated/α-hetero) is 1. The van der Waals surface area contributed by atoms with Gasteiger partial charge >= 0.3 is 5.97 Å². The molecule has 1 aromatic rings. The number of rotatable bonds is 5.